The summed E-state index contributed by atoms with van der Waals surface area (Å²) in [6.45, 7) is 6.42. The van der Waals surface area contributed by atoms with Gasteiger partial charge in [-0.25, -0.2) is 0 Å². The van der Waals surface area contributed by atoms with Gasteiger partial charge in [0.05, 0.1) is 6.10 Å². The largest absolute Gasteiger partial charge is 0.378 e. The minimum atomic E-state index is 0.500. The Hall–Kier alpha value is -0.760. The van der Waals surface area contributed by atoms with Crippen LogP contribution in [0.15, 0.2) is 12.1 Å². The molecule has 0 bridgehead atoms. The fourth-order valence-electron chi connectivity index (χ4n) is 2.36. The van der Waals surface area contributed by atoms with Crippen LogP contribution >= 0.6 is 0 Å². The molecule has 1 aromatic rings. The molecule has 0 N–H and O–H groups in total. The number of rotatable bonds is 3. The first kappa shape index (κ1) is 10.7. The van der Waals surface area contributed by atoms with E-state index < -0.39 is 0 Å². The maximum atomic E-state index is 5.74. The molecule has 0 amide bonds. The van der Waals surface area contributed by atoms with Crippen LogP contribution < -0.4 is 0 Å². The van der Waals surface area contributed by atoms with E-state index in [0.717, 1.165) is 19.6 Å². The van der Waals surface area contributed by atoms with E-state index >= 15 is 0 Å². The second-order valence-corrected chi connectivity index (χ2v) is 4.54. The Kier molecular flexibility index (Phi) is 3.47. The zero-order valence-corrected chi connectivity index (χ0v) is 9.83. The highest BCUT2D eigenvalue weighted by molar-refractivity contribution is 5.13. The summed E-state index contributed by atoms with van der Waals surface area (Å²) in [4.78, 5) is 0. The van der Waals surface area contributed by atoms with Crippen LogP contribution in [0.5, 0.6) is 0 Å². The molecule has 1 aromatic heterocycles. The fraction of sp³-hybridized carbons (Fsp3) is 0.692. The molecule has 2 rings (SSSR count). The summed E-state index contributed by atoms with van der Waals surface area (Å²) >= 11 is 0. The third-order valence-electron chi connectivity index (χ3n) is 3.37. The minimum absolute atomic E-state index is 0.500. The number of nitrogens with zero attached hydrogens (tertiary/aromatic N) is 1. The van der Waals surface area contributed by atoms with Crippen LogP contribution in [0.2, 0.25) is 0 Å². The highest BCUT2D eigenvalue weighted by Gasteiger charge is 2.14. The van der Waals surface area contributed by atoms with Gasteiger partial charge >= 0.3 is 0 Å². The third kappa shape index (κ3) is 2.63. The first-order chi connectivity index (χ1) is 7.27. The molecular formula is C13H21NO. The standard InChI is InChI=1S/C13H21NO/c1-11-6-7-12(2)14(11)9-8-13-5-3-4-10-15-13/h6-7,13H,3-5,8-10H2,1-2H3. The van der Waals surface area contributed by atoms with Crippen LogP contribution in [0.4, 0.5) is 0 Å². The van der Waals surface area contributed by atoms with E-state index in [9.17, 15) is 0 Å². The van der Waals surface area contributed by atoms with Gasteiger partial charge in [-0.3, -0.25) is 0 Å². The average Bonchev–Trinajstić information content (AvgIpc) is 2.58. The van der Waals surface area contributed by atoms with E-state index in [1.807, 2.05) is 0 Å². The molecule has 2 heterocycles. The lowest BCUT2D eigenvalue weighted by Crippen LogP contribution is -2.21. The van der Waals surface area contributed by atoms with Crippen molar-refractivity contribution in [2.45, 2.75) is 52.2 Å². The second kappa shape index (κ2) is 4.84. The van der Waals surface area contributed by atoms with Gasteiger partial charge < -0.3 is 9.30 Å². The van der Waals surface area contributed by atoms with Crippen LogP contribution in [0.3, 0.4) is 0 Å². The van der Waals surface area contributed by atoms with E-state index in [1.54, 1.807) is 0 Å². The number of aryl methyl sites for hydroxylation is 2. The smallest absolute Gasteiger partial charge is 0.0592 e. The van der Waals surface area contributed by atoms with Crippen LogP contribution in [-0.4, -0.2) is 17.3 Å². The van der Waals surface area contributed by atoms with Gasteiger partial charge in [-0.05, 0) is 51.7 Å². The number of hydrogen-bond donors (Lipinski definition) is 0. The first-order valence-corrected chi connectivity index (χ1v) is 6.01. The Morgan fingerprint density at radius 2 is 2.00 bits per heavy atom. The molecule has 1 unspecified atom stereocenters. The van der Waals surface area contributed by atoms with Crippen LogP contribution in [0.1, 0.15) is 37.1 Å². The molecule has 0 spiro atoms. The van der Waals surface area contributed by atoms with Gasteiger partial charge in [-0.15, -0.1) is 0 Å². The highest BCUT2D eigenvalue weighted by Crippen LogP contribution is 2.17. The maximum Gasteiger partial charge on any atom is 0.0592 e. The highest BCUT2D eigenvalue weighted by atomic mass is 16.5. The van der Waals surface area contributed by atoms with Gasteiger partial charge in [0.15, 0.2) is 0 Å². The van der Waals surface area contributed by atoms with Crippen molar-refractivity contribution in [3.8, 4) is 0 Å². The predicted molar refractivity (Wildman–Crippen MR) is 62.1 cm³/mol. The summed E-state index contributed by atoms with van der Waals surface area (Å²) < 4.78 is 8.13. The Bertz CT molecular complexity index is 291. The molecule has 2 nitrogen and oxygen atoms in total. The lowest BCUT2D eigenvalue weighted by Gasteiger charge is -2.23. The molecular weight excluding hydrogens is 186 g/mol. The number of hydrogen-bond acceptors (Lipinski definition) is 1. The summed E-state index contributed by atoms with van der Waals surface area (Å²) in [6.07, 6.45) is 5.50. The lowest BCUT2D eigenvalue weighted by atomic mass is 10.1. The van der Waals surface area contributed by atoms with Crippen molar-refractivity contribution in [3.05, 3.63) is 23.5 Å². The van der Waals surface area contributed by atoms with Crippen LogP contribution in [0, 0.1) is 13.8 Å². The Labute approximate surface area is 92.2 Å². The maximum absolute atomic E-state index is 5.74. The third-order valence-corrected chi connectivity index (χ3v) is 3.37. The molecule has 2 heteroatoms. The Balaban J connectivity index is 1.87. The number of aromatic nitrogens is 1. The normalized spacial score (nSPS) is 21.9. The Morgan fingerprint density at radius 1 is 1.27 bits per heavy atom. The molecule has 0 saturated carbocycles. The van der Waals surface area contributed by atoms with Crippen molar-refractivity contribution in [2.75, 3.05) is 6.61 Å². The van der Waals surface area contributed by atoms with Gasteiger partial charge in [0.25, 0.3) is 0 Å². The van der Waals surface area contributed by atoms with Crippen LogP contribution in [-0.2, 0) is 11.3 Å². The zero-order valence-electron chi connectivity index (χ0n) is 9.83. The summed E-state index contributed by atoms with van der Waals surface area (Å²) in [5.74, 6) is 0. The van der Waals surface area contributed by atoms with E-state index in [1.165, 1.54) is 30.7 Å². The van der Waals surface area contributed by atoms with Crippen molar-refractivity contribution >= 4 is 0 Å². The summed E-state index contributed by atoms with van der Waals surface area (Å²) in [7, 11) is 0. The van der Waals surface area contributed by atoms with Gasteiger partial charge in [-0.2, -0.15) is 0 Å². The van der Waals surface area contributed by atoms with E-state index in [2.05, 4.69) is 30.5 Å². The average molecular weight is 207 g/mol. The lowest BCUT2D eigenvalue weighted by molar-refractivity contribution is 0.00868. The van der Waals surface area contributed by atoms with Gasteiger partial charge in [0, 0.05) is 24.5 Å². The van der Waals surface area contributed by atoms with Crippen molar-refractivity contribution in [3.63, 3.8) is 0 Å². The summed E-state index contributed by atoms with van der Waals surface area (Å²) in [5.41, 5.74) is 2.73. The zero-order chi connectivity index (χ0) is 10.7. The number of ether oxygens (including phenoxy) is 1. The van der Waals surface area contributed by atoms with E-state index in [-0.39, 0.29) is 0 Å². The molecule has 0 aromatic carbocycles. The summed E-state index contributed by atoms with van der Waals surface area (Å²) in [5, 5.41) is 0. The molecule has 15 heavy (non-hydrogen) atoms. The summed E-state index contributed by atoms with van der Waals surface area (Å²) in [6, 6.07) is 4.38. The Morgan fingerprint density at radius 3 is 2.60 bits per heavy atom. The molecule has 1 fully saturated rings. The predicted octanol–water partition coefficient (Wildman–Crippen LogP) is 3.06. The molecule has 0 radical (unpaired) electrons. The van der Waals surface area contributed by atoms with E-state index in [0.29, 0.717) is 6.10 Å². The van der Waals surface area contributed by atoms with Gasteiger partial charge in [0.2, 0.25) is 0 Å². The SMILES string of the molecule is Cc1ccc(C)n1CCC1CCCCO1. The van der Waals surface area contributed by atoms with Crippen molar-refractivity contribution < 1.29 is 4.74 Å². The van der Waals surface area contributed by atoms with E-state index in [4.69, 9.17) is 4.74 Å². The monoisotopic (exact) mass is 207 g/mol. The molecule has 0 aliphatic carbocycles. The van der Waals surface area contributed by atoms with Crippen LogP contribution in [0.25, 0.3) is 0 Å². The molecule has 1 atom stereocenters. The second-order valence-electron chi connectivity index (χ2n) is 4.54. The fourth-order valence-corrected chi connectivity index (χ4v) is 2.36. The quantitative estimate of drug-likeness (QED) is 0.743. The minimum Gasteiger partial charge on any atom is -0.378 e. The molecule has 84 valence electrons. The van der Waals surface area contributed by atoms with Crippen molar-refractivity contribution in [2.24, 2.45) is 0 Å². The van der Waals surface area contributed by atoms with Gasteiger partial charge in [-0.1, -0.05) is 0 Å². The van der Waals surface area contributed by atoms with Crippen molar-refractivity contribution in [1.29, 1.82) is 0 Å². The molecule has 1 aliphatic rings. The first-order valence-electron chi connectivity index (χ1n) is 6.01. The molecule has 1 saturated heterocycles. The topological polar surface area (TPSA) is 14.2 Å². The molecule has 1 aliphatic heterocycles. The van der Waals surface area contributed by atoms with Crippen molar-refractivity contribution in [1.82, 2.24) is 4.57 Å². The van der Waals surface area contributed by atoms with Gasteiger partial charge in [0.1, 0.15) is 0 Å².